The van der Waals surface area contributed by atoms with Gasteiger partial charge in [0, 0.05) is 12.8 Å². The molecule has 0 N–H and O–H groups in total. The standard InChI is InChI=1S/C31H62NO8P/c1-6-8-10-12-14-16-18-20-22-24-31(34)40-29(28-39-41(35,36)38-26-25-32(3,4)5)27-37-30(33)23-21-19-17-15-13-11-9-7-2/h29H,6-28H2,1-5H3/t29-/m1/s1. The van der Waals surface area contributed by atoms with Crippen LogP contribution in [0.25, 0.3) is 0 Å². The number of likely N-dealkylation sites (N-methyl/N-ethyl adjacent to an activating group) is 1. The highest BCUT2D eigenvalue weighted by atomic mass is 31.2. The molecule has 0 heterocycles. The van der Waals surface area contributed by atoms with Gasteiger partial charge in [-0.05, 0) is 12.8 Å². The van der Waals surface area contributed by atoms with E-state index in [0.717, 1.165) is 38.5 Å². The van der Waals surface area contributed by atoms with Gasteiger partial charge in [-0.1, -0.05) is 110 Å². The van der Waals surface area contributed by atoms with Crippen molar-refractivity contribution in [3.8, 4) is 0 Å². The Bertz CT molecular complexity index is 698. The second-order valence-corrected chi connectivity index (χ2v) is 13.6. The van der Waals surface area contributed by atoms with E-state index in [9.17, 15) is 19.0 Å². The average molecular weight is 608 g/mol. The van der Waals surface area contributed by atoms with Crippen molar-refractivity contribution in [3.63, 3.8) is 0 Å². The second-order valence-electron chi connectivity index (χ2n) is 12.2. The molecule has 0 radical (unpaired) electrons. The average Bonchev–Trinajstić information content (AvgIpc) is 2.90. The van der Waals surface area contributed by atoms with Gasteiger partial charge in [0.05, 0.1) is 27.7 Å². The van der Waals surface area contributed by atoms with Crippen LogP contribution in [0.3, 0.4) is 0 Å². The smallest absolute Gasteiger partial charge is 0.306 e. The maximum absolute atomic E-state index is 12.5. The molecule has 0 aliphatic carbocycles. The molecule has 0 saturated heterocycles. The van der Waals surface area contributed by atoms with Gasteiger partial charge in [0.15, 0.2) is 6.10 Å². The van der Waals surface area contributed by atoms with Crippen molar-refractivity contribution in [1.82, 2.24) is 0 Å². The summed E-state index contributed by atoms with van der Waals surface area (Å²) in [6.07, 6.45) is 18.6. The second kappa shape index (κ2) is 25.5. The molecule has 0 aliphatic heterocycles. The van der Waals surface area contributed by atoms with Crippen LogP contribution < -0.4 is 4.89 Å². The van der Waals surface area contributed by atoms with Crippen molar-refractivity contribution >= 4 is 19.8 Å². The molecule has 9 nitrogen and oxygen atoms in total. The third-order valence-corrected chi connectivity index (χ3v) is 7.84. The highest BCUT2D eigenvalue weighted by Crippen LogP contribution is 2.38. The fraction of sp³-hybridized carbons (Fsp3) is 0.935. The van der Waals surface area contributed by atoms with Crippen molar-refractivity contribution in [2.45, 2.75) is 142 Å². The molecule has 0 saturated carbocycles. The number of hydrogen-bond acceptors (Lipinski definition) is 8. The van der Waals surface area contributed by atoms with E-state index in [1.165, 1.54) is 64.2 Å². The number of hydrogen-bond donors (Lipinski definition) is 0. The van der Waals surface area contributed by atoms with E-state index in [0.29, 0.717) is 17.4 Å². The number of esters is 2. The van der Waals surface area contributed by atoms with Gasteiger partial charge in [-0.2, -0.15) is 0 Å². The Kier molecular flexibility index (Phi) is 24.9. The number of phosphoric ester groups is 1. The Morgan fingerprint density at radius 1 is 0.659 bits per heavy atom. The normalized spacial score (nSPS) is 14.0. The van der Waals surface area contributed by atoms with Gasteiger partial charge in [0.25, 0.3) is 7.82 Å². The zero-order valence-corrected chi connectivity index (χ0v) is 27.9. The molecule has 0 aromatic heterocycles. The maximum Gasteiger partial charge on any atom is 0.306 e. The Balaban J connectivity index is 4.53. The first-order chi connectivity index (χ1) is 19.5. The van der Waals surface area contributed by atoms with Crippen LogP contribution >= 0.6 is 7.82 Å². The molecule has 41 heavy (non-hydrogen) atoms. The molecule has 0 spiro atoms. The minimum atomic E-state index is -4.60. The van der Waals surface area contributed by atoms with E-state index in [2.05, 4.69) is 13.8 Å². The number of quaternary nitrogens is 1. The van der Waals surface area contributed by atoms with E-state index in [1.54, 1.807) is 0 Å². The van der Waals surface area contributed by atoms with Crippen LogP contribution in [-0.2, 0) is 32.7 Å². The van der Waals surface area contributed by atoms with E-state index in [4.69, 9.17) is 18.5 Å². The SMILES string of the molecule is CCCCCCCCCCCC(=O)O[C@H](COC(=O)CCCCCCCCCC)COP(=O)([O-])OCC[N+](C)(C)C. The molecular formula is C31H62NO8P. The number of nitrogens with zero attached hydrogens (tertiary/aromatic N) is 1. The van der Waals surface area contributed by atoms with Crippen LogP contribution in [0.2, 0.25) is 0 Å². The van der Waals surface area contributed by atoms with E-state index in [1.807, 2.05) is 21.1 Å². The Labute approximate surface area is 251 Å². The lowest BCUT2D eigenvalue weighted by atomic mass is 10.1. The predicted molar refractivity (Wildman–Crippen MR) is 162 cm³/mol. The van der Waals surface area contributed by atoms with E-state index < -0.39 is 26.5 Å². The van der Waals surface area contributed by atoms with Crippen molar-refractivity contribution in [1.29, 1.82) is 0 Å². The number of carbonyl (C=O) groups is 2. The fourth-order valence-electron chi connectivity index (χ4n) is 4.24. The number of unbranched alkanes of at least 4 members (excludes halogenated alkanes) is 15. The Morgan fingerprint density at radius 3 is 1.56 bits per heavy atom. The largest absolute Gasteiger partial charge is 0.756 e. The Morgan fingerprint density at radius 2 is 1.10 bits per heavy atom. The van der Waals surface area contributed by atoms with Crippen LogP contribution in [0.4, 0.5) is 0 Å². The summed E-state index contributed by atoms with van der Waals surface area (Å²) in [5, 5.41) is 0. The molecule has 0 rings (SSSR count). The summed E-state index contributed by atoms with van der Waals surface area (Å²) in [6, 6.07) is 0. The maximum atomic E-state index is 12.5. The monoisotopic (exact) mass is 607 g/mol. The third-order valence-electron chi connectivity index (χ3n) is 6.88. The molecule has 244 valence electrons. The zero-order valence-electron chi connectivity index (χ0n) is 27.0. The molecule has 0 aromatic carbocycles. The van der Waals surface area contributed by atoms with Gasteiger partial charge in [-0.3, -0.25) is 14.2 Å². The fourth-order valence-corrected chi connectivity index (χ4v) is 4.97. The van der Waals surface area contributed by atoms with Gasteiger partial charge in [-0.25, -0.2) is 0 Å². The molecule has 10 heteroatoms. The van der Waals surface area contributed by atoms with Crippen molar-refractivity contribution in [2.75, 3.05) is 47.5 Å². The van der Waals surface area contributed by atoms with Crippen LogP contribution in [0.1, 0.15) is 136 Å². The molecule has 0 aliphatic rings. The van der Waals surface area contributed by atoms with Crippen LogP contribution in [0, 0.1) is 0 Å². The van der Waals surface area contributed by atoms with Gasteiger partial charge in [0.2, 0.25) is 0 Å². The highest BCUT2D eigenvalue weighted by Gasteiger charge is 2.21. The molecule has 2 atom stereocenters. The molecule has 1 unspecified atom stereocenters. The first kappa shape index (κ1) is 40.0. The van der Waals surface area contributed by atoms with Gasteiger partial charge in [-0.15, -0.1) is 0 Å². The summed E-state index contributed by atoms with van der Waals surface area (Å²) >= 11 is 0. The molecule has 0 bridgehead atoms. The molecule has 0 amide bonds. The lowest BCUT2D eigenvalue weighted by Crippen LogP contribution is -2.37. The topological polar surface area (TPSA) is 111 Å². The number of ether oxygens (including phenoxy) is 2. The summed E-state index contributed by atoms with van der Waals surface area (Å²) in [6.45, 7) is 4.14. The van der Waals surface area contributed by atoms with Crippen molar-refractivity contribution < 1.29 is 42.1 Å². The van der Waals surface area contributed by atoms with Crippen LogP contribution in [0.15, 0.2) is 0 Å². The number of carbonyl (C=O) groups excluding carboxylic acids is 2. The van der Waals surface area contributed by atoms with Crippen LogP contribution in [0.5, 0.6) is 0 Å². The Hall–Kier alpha value is -0.990. The molecule has 0 fully saturated rings. The lowest BCUT2D eigenvalue weighted by molar-refractivity contribution is -0.870. The minimum Gasteiger partial charge on any atom is -0.756 e. The minimum absolute atomic E-state index is 0.0269. The quantitative estimate of drug-likeness (QED) is 0.0383. The first-order valence-corrected chi connectivity index (χ1v) is 17.7. The number of phosphoric acid groups is 1. The van der Waals surface area contributed by atoms with E-state index in [-0.39, 0.29) is 32.0 Å². The molecule has 0 aromatic rings. The first-order valence-electron chi connectivity index (χ1n) is 16.2. The predicted octanol–water partition coefficient (Wildman–Crippen LogP) is 7.10. The van der Waals surface area contributed by atoms with E-state index >= 15 is 0 Å². The van der Waals surface area contributed by atoms with Gasteiger partial charge >= 0.3 is 11.9 Å². The summed E-state index contributed by atoms with van der Waals surface area (Å²) < 4.78 is 33.5. The zero-order chi connectivity index (χ0) is 30.8. The lowest BCUT2D eigenvalue weighted by Gasteiger charge is -2.28. The van der Waals surface area contributed by atoms with Gasteiger partial charge in [0.1, 0.15) is 19.8 Å². The van der Waals surface area contributed by atoms with Crippen molar-refractivity contribution in [2.24, 2.45) is 0 Å². The van der Waals surface area contributed by atoms with Gasteiger partial charge < -0.3 is 27.9 Å². The summed E-state index contributed by atoms with van der Waals surface area (Å²) in [4.78, 5) is 36.9. The number of rotatable bonds is 29. The summed E-state index contributed by atoms with van der Waals surface area (Å²) in [7, 11) is 1.17. The third kappa shape index (κ3) is 28.9. The van der Waals surface area contributed by atoms with Crippen LogP contribution in [-0.4, -0.2) is 70.0 Å². The summed E-state index contributed by atoms with van der Waals surface area (Å²) in [5.41, 5.74) is 0. The van der Waals surface area contributed by atoms with Crippen molar-refractivity contribution in [3.05, 3.63) is 0 Å². The summed E-state index contributed by atoms with van der Waals surface area (Å²) in [5.74, 6) is -0.840. The highest BCUT2D eigenvalue weighted by molar-refractivity contribution is 7.45. The molecular weight excluding hydrogens is 545 g/mol.